The molecule has 0 aliphatic heterocycles. The van der Waals surface area contributed by atoms with Crippen molar-refractivity contribution in [3.8, 4) is 0 Å². The van der Waals surface area contributed by atoms with Gasteiger partial charge in [0.05, 0.1) is 0 Å². The maximum Gasteiger partial charge on any atom is 0.134 e. The Labute approximate surface area is 118 Å². The van der Waals surface area contributed by atoms with E-state index in [1.165, 1.54) is 0 Å². The normalized spacial score (nSPS) is 13.9. The van der Waals surface area contributed by atoms with Crippen LogP contribution in [-0.2, 0) is 17.2 Å². The molecule has 0 saturated heterocycles. The van der Waals surface area contributed by atoms with E-state index in [4.69, 9.17) is 0 Å². The summed E-state index contributed by atoms with van der Waals surface area (Å²) in [5.41, 5.74) is 1.02. The molecule has 108 valence electrons. The van der Waals surface area contributed by atoms with Crippen LogP contribution in [0.3, 0.4) is 0 Å². The first kappa shape index (κ1) is 15.9. The second-order valence-corrected chi connectivity index (χ2v) is 6.39. The maximum atomic E-state index is 11.3. The molecule has 0 amide bonds. The van der Waals surface area contributed by atoms with Crippen molar-refractivity contribution < 1.29 is 4.21 Å². The molecule has 0 aliphatic carbocycles. The third-order valence-corrected chi connectivity index (χ3v) is 4.52. The zero-order chi connectivity index (χ0) is 14.4. The molecule has 2 N–H and O–H groups in total. The average Bonchev–Trinajstić information content (AvgIpc) is 2.40. The van der Waals surface area contributed by atoms with Gasteiger partial charge in [-0.1, -0.05) is 13.8 Å². The van der Waals surface area contributed by atoms with Crippen molar-refractivity contribution in [3.63, 3.8) is 0 Å². The smallest absolute Gasteiger partial charge is 0.134 e. The summed E-state index contributed by atoms with van der Waals surface area (Å²) in [5.74, 6) is 2.55. The zero-order valence-electron chi connectivity index (χ0n) is 12.4. The van der Waals surface area contributed by atoms with Crippen LogP contribution in [0.25, 0.3) is 0 Å². The van der Waals surface area contributed by atoms with Gasteiger partial charge in [0.15, 0.2) is 0 Å². The Morgan fingerprint density at radius 1 is 1.32 bits per heavy atom. The van der Waals surface area contributed by atoms with E-state index in [1.807, 2.05) is 27.8 Å². The summed E-state index contributed by atoms with van der Waals surface area (Å²) in [6.45, 7) is 6.80. The van der Waals surface area contributed by atoms with E-state index in [0.29, 0.717) is 0 Å². The molecule has 0 saturated carbocycles. The summed E-state index contributed by atoms with van der Waals surface area (Å²) < 4.78 is 11.3. The Balaban J connectivity index is 2.74. The lowest BCUT2D eigenvalue weighted by atomic mass is 10.2. The van der Waals surface area contributed by atoms with Crippen molar-refractivity contribution in [2.24, 2.45) is 0 Å². The monoisotopic (exact) mass is 284 g/mol. The van der Waals surface area contributed by atoms with Crippen LogP contribution in [0, 0.1) is 6.92 Å². The lowest BCUT2D eigenvalue weighted by Gasteiger charge is -2.14. The van der Waals surface area contributed by atoms with Gasteiger partial charge < -0.3 is 10.6 Å². The molecule has 0 fully saturated rings. The van der Waals surface area contributed by atoms with Gasteiger partial charge in [0.25, 0.3) is 0 Å². The molecule has 5 nitrogen and oxygen atoms in total. The fourth-order valence-electron chi connectivity index (χ4n) is 1.70. The summed E-state index contributed by atoms with van der Waals surface area (Å²) >= 11 is 0. The van der Waals surface area contributed by atoms with Crippen LogP contribution < -0.4 is 10.6 Å². The molecule has 1 aromatic heterocycles. The summed E-state index contributed by atoms with van der Waals surface area (Å²) in [6, 6.07) is 0. The van der Waals surface area contributed by atoms with Gasteiger partial charge in [-0.05, 0) is 13.3 Å². The average molecular weight is 284 g/mol. The fraction of sp³-hybridized carbons (Fsp3) is 0.692. The minimum absolute atomic E-state index is 0.198. The largest absolute Gasteiger partial charge is 0.373 e. The Kier molecular flexibility index (Phi) is 6.21. The molecule has 1 heterocycles. The maximum absolute atomic E-state index is 11.3. The minimum atomic E-state index is -0.771. The van der Waals surface area contributed by atoms with Gasteiger partial charge in [-0.25, -0.2) is 9.97 Å². The van der Waals surface area contributed by atoms with Crippen LogP contribution in [0.4, 0.5) is 11.6 Å². The Morgan fingerprint density at radius 3 is 2.47 bits per heavy atom. The van der Waals surface area contributed by atoms with Crippen molar-refractivity contribution in [1.29, 1.82) is 0 Å². The SMILES string of the molecule is CCc1nc(NC)c(C)c(NCCC(C)S(C)=O)n1. The highest BCUT2D eigenvalue weighted by molar-refractivity contribution is 7.84. The number of aryl methyl sites for hydroxylation is 1. The predicted octanol–water partition coefficient (Wildman–Crippen LogP) is 1.96. The highest BCUT2D eigenvalue weighted by Gasteiger charge is 2.10. The van der Waals surface area contributed by atoms with Crippen LogP contribution in [0.2, 0.25) is 0 Å². The van der Waals surface area contributed by atoms with Crippen LogP contribution in [0.15, 0.2) is 0 Å². The van der Waals surface area contributed by atoms with E-state index in [0.717, 1.165) is 42.4 Å². The van der Waals surface area contributed by atoms with Crippen molar-refractivity contribution in [2.45, 2.75) is 38.9 Å². The molecule has 0 spiro atoms. The van der Waals surface area contributed by atoms with E-state index in [1.54, 1.807) is 6.26 Å². The van der Waals surface area contributed by atoms with Crippen molar-refractivity contribution in [1.82, 2.24) is 9.97 Å². The third-order valence-electron chi connectivity index (χ3n) is 3.16. The van der Waals surface area contributed by atoms with E-state index in [9.17, 15) is 4.21 Å². The standard InChI is InChI=1S/C13H24N4OS/c1-6-11-16-12(14-4)10(3)13(17-11)15-8-7-9(2)19(5)18/h9H,6-8H2,1-5H3,(H2,14,15,16,17). The van der Waals surface area contributed by atoms with Gasteiger partial charge in [-0.3, -0.25) is 4.21 Å². The number of anilines is 2. The third kappa shape index (κ3) is 4.45. The number of hydrogen-bond acceptors (Lipinski definition) is 5. The summed E-state index contributed by atoms with van der Waals surface area (Å²) in [7, 11) is 1.09. The van der Waals surface area contributed by atoms with Crippen LogP contribution in [0.1, 0.15) is 31.7 Å². The molecule has 0 bridgehead atoms. The molecular formula is C13H24N4OS. The van der Waals surface area contributed by atoms with Crippen molar-refractivity contribution in [3.05, 3.63) is 11.4 Å². The second kappa shape index (κ2) is 7.43. The molecule has 2 unspecified atom stereocenters. The molecule has 1 rings (SSSR count). The predicted molar refractivity (Wildman–Crippen MR) is 82.3 cm³/mol. The fourth-order valence-corrected chi connectivity index (χ4v) is 2.15. The van der Waals surface area contributed by atoms with Gasteiger partial charge in [0.2, 0.25) is 0 Å². The first-order chi connectivity index (χ1) is 8.99. The topological polar surface area (TPSA) is 66.9 Å². The van der Waals surface area contributed by atoms with E-state index in [2.05, 4.69) is 20.6 Å². The number of aromatic nitrogens is 2. The van der Waals surface area contributed by atoms with Crippen LogP contribution >= 0.6 is 0 Å². The van der Waals surface area contributed by atoms with Gasteiger partial charge in [0.1, 0.15) is 17.5 Å². The van der Waals surface area contributed by atoms with Crippen molar-refractivity contribution >= 4 is 22.4 Å². The Hall–Kier alpha value is -1.17. The number of hydrogen-bond donors (Lipinski definition) is 2. The molecular weight excluding hydrogens is 260 g/mol. The lowest BCUT2D eigenvalue weighted by molar-refractivity contribution is 0.672. The lowest BCUT2D eigenvalue weighted by Crippen LogP contribution is -2.16. The van der Waals surface area contributed by atoms with Crippen LogP contribution in [0.5, 0.6) is 0 Å². The number of nitrogens with one attached hydrogen (secondary N) is 2. The second-order valence-electron chi connectivity index (χ2n) is 4.59. The zero-order valence-corrected chi connectivity index (χ0v) is 13.2. The first-order valence-corrected chi connectivity index (χ1v) is 8.23. The van der Waals surface area contributed by atoms with Gasteiger partial charge in [-0.2, -0.15) is 0 Å². The van der Waals surface area contributed by atoms with Gasteiger partial charge in [0, 0.05) is 47.9 Å². The first-order valence-electron chi connectivity index (χ1n) is 6.60. The van der Waals surface area contributed by atoms with Crippen molar-refractivity contribution in [2.75, 3.05) is 30.5 Å². The highest BCUT2D eigenvalue weighted by Crippen LogP contribution is 2.19. The minimum Gasteiger partial charge on any atom is -0.373 e. The quantitative estimate of drug-likeness (QED) is 0.801. The number of nitrogens with zero attached hydrogens (tertiary/aromatic N) is 2. The van der Waals surface area contributed by atoms with Crippen LogP contribution in [-0.4, -0.2) is 39.3 Å². The Morgan fingerprint density at radius 2 is 1.95 bits per heavy atom. The summed E-state index contributed by atoms with van der Waals surface area (Å²) in [5, 5.41) is 6.61. The molecule has 2 atom stereocenters. The molecule has 0 radical (unpaired) electrons. The van der Waals surface area contributed by atoms with E-state index in [-0.39, 0.29) is 5.25 Å². The molecule has 0 aliphatic rings. The van der Waals surface area contributed by atoms with Gasteiger partial charge >= 0.3 is 0 Å². The van der Waals surface area contributed by atoms with Gasteiger partial charge in [-0.15, -0.1) is 0 Å². The molecule has 0 aromatic carbocycles. The summed E-state index contributed by atoms with van der Waals surface area (Å²) in [6.07, 6.45) is 3.41. The summed E-state index contributed by atoms with van der Waals surface area (Å²) in [4.78, 5) is 8.93. The molecule has 6 heteroatoms. The number of rotatable bonds is 7. The van der Waals surface area contributed by atoms with E-state index >= 15 is 0 Å². The Bertz CT molecular complexity index is 451. The molecule has 1 aromatic rings. The van der Waals surface area contributed by atoms with E-state index < -0.39 is 10.8 Å². The highest BCUT2D eigenvalue weighted by atomic mass is 32.2. The molecule has 19 heavy (non-hydrogen) atoms.